The molecule has 1 N–H and O–H groups in total. The first kappa shape index (κ1) is 17.0. The molecule has 0 spiro atoms. The molecule has 1 saturated heterocycles. The van der Waals surface area contributed by atoms with Crippen molar-refractivity contribution in [3.8, 4) is 0 Å². The summed E-state index contributed by atoms with van der Waals surface area (Å²) in [6, 6.07) is 13.3. The van der Waals surface area contributed by atoms with Crippen LogP contribution in [0.25, 0.3) is 0 Å². The van der Waals surface area contributed by atoms with Gasteiger partial charge in [0.15, 0.2) is 0 Å². The van der Waals surface area contributed by atoms with Gasteiger partial charge in [0, 0.05) is 31.9 Å². The van der Waals surface area contributed by atoms with E-state index in [9.17, 15) is 12.8 Å². The Morgan fingerprint density at radius 1 is 1.00 bits per heavy atom. The number of anilines is 2. The first-order valence-corrected chi connectivity index (χ1v) is 9.88. The van der Waals surface area contributed by atoms with Crippen molar-refractivity contribution >= 4 is 27.2 Å². The fourth-order valence-corrected chi connectivity index (χ4v) is 4.40. The van der Waals surface area contributed by atoms with E-state index < -0.39 is 10.0 Å². The molecule has 2 aliphatic rings. The van der Waals surface area contributed by atoms with Crippen molar-refractivity contribution in [2.24, 2.45) is 4.40 Å². The number of fused-ring (bicyclic) bond motifs is 1. The number of sulfonamides is 1. The topological polar surface area (TPSA) is 65.0 Å². The normalized spacial score (nSPS) is 19.4. The van der Waals surface area contributed by atoms with Crippen LogP contribution in [-0.4, -0.2) is 51.9 Å². The van der Waals surface area contributed by atoms with Gasteiger partial charge in [0.1, 0.15) is 16.5 Å². The molecule has 2 heterocycles. The Morgan fingerprint density at radius 3 is 2.42 bits per heavy atom. The van der Waals surface area contributed by atoms with Crippen LogP contribution < -0.4 is 10.2 Å². The Bertz CT molecular complexity index is 936. The quantitative estimate of drug-likeness (QED) is 0.892. The lowest BCUT2D eigenvalue weighted by Crippen LogP contribution is -2.49. The van der Waals surface area contributed by atoms with Crippen LogP contribution >= 0.6 is 0 Å². The molecule has 2 aliphatic heterocycles. The molecule has 0 aromatic heterocycles. The maximum atomic E-state index is 13.0. The van der Waals surface area contributed by atoms with E-state index in [0.717, 1.165) is 31.9 Å². The Hall–Kier alpha value is -2.45. The van der Waals surface area contributed by atoms with Gasteiger partial charge in [0.2, 0.25) is 0 Å². The molecule has 6 nitrogen and oxygen atoms in total. The van der Waals surface area contributed by atoms with Crippen LogP contribution in [0.15, 0.2) is 57.8 Å². The standard InChI is InChI=1S/C18H19FN4O2S/c19-14-5-7-15(8-6-14)23-11-9-22(10-12-23)13-18-20-16-3-1-2-4-17(16)26(24,25)21-18/h1-8H,9-13H2,(H,20,21). The van der Waals surface area contributed by atoms with Gasteiger partial charge < -0.3 is 10.2 Å². The smallest absolute Gasteiger partial charge is 0.286 e. The van der Waals surface area contributed by atoms with Crippen molar-refractivity contribution in [2.75, 3.05) is 42.9 Å². The minimum atomic E-state index is -3.65. The Morgan fingerprint density at radius 2 is 1.69 bits per heavy atom. The molecule has 0 saturated carbocycles. The number of nitrogens with one attached hydrogen (secondary N) is 1. The lowest BCUT2D eigenvalue weighted by atomic mass is 10.2. The van der Waals surface area contributed by atoms with Crippen molar-refractivity contribution in [3.63, 3.8) is 0 Å². The third-order valence-corrected chi connectivity index (χ3v) is 5.98. The Labute approximate surface area is 152 Å². The van der Waals surface area contributed by atoms with Crippen molar-refractivity contribution in [2.45, 2.75) is 4.90 Å². The molecule has 0 aliphatic carbocycles. The number of halogens is 1. The average Bonchev–Trinajstić information content (AvgIpc) is 2.63. The van der Waals surface area contributed by atoms with Crippen molar-refractivity contribution in [1.29, 1.82) is 0 Å². The van der Waals surface area contributed by atoms with E-state index >= 15 is 0 Å². The fraction of sp³-hybridized carbons (Fsp3) is 0.278. The molecule has 2 aromatic rings. The zero-order valence-corrected chi connectivity index (χ0v) is 14.9. The van der Waals surface area contributed by atoms with Gasteiger partial charge in [-0.1, -0.05) is 12.1 Å². The van der Waals surface area contributed by atoms with Crippen molar-refractivity contribution in [3.05, 3.63) is 54.3 Å². The van der Waals surface area contributed by atoms with Crippen LogP contribution in [0.4, 0.5) is 15.8 Å². The van der Waals surface area contributed by atoms with E-state index in [4.69, 9.17) is 0 Å². The van der Waals surface area contributed by atoms with Gasteiger partial charge in [0.25, 0.3) is 10.0 Å². The molecule has 8 heteroatoms. The van der Waals surface area contributed by atoms with Crippen LogP contribution in [0.5, 0.6) is 0 Å². The monoisotopic (exact) mass is 374 g/mol. The van der Waals surface area contributed by atoms with Crippen LogP contribution in [0.1, 0.15) is 0 Å². The van der Waals surface area contributed by atoms with Crippen LogP contribution in [0.3, 0.4) is 0 Å². The largest absolute Gasteiger partial charge is 0.369 e. The zero-order valence-electron chi connectivity index (χ0n) is 14.1. The van der Waals surface area contributed by atoms with E-state index in [1.807, 2.05) is 0 Å². The maximum Gasteiger partial charge on any atom is 0.286 e. The highest BCUT2D eigenvalue weighted by Crippen LogP contribution is 2.26. The molecule has 4 rings (SSSR count). The van der Waals surface area contributed by atoms with Gasteiger partial charge >= 0.3 is 0 Å². The SMILES string of the molecule is O=S1(=O)N=C(CN2CCN(c3ccc(F)cc3)CC2)Nc2ccccc21. The minimum absolute atomic E-state index is 0.213. The highest BCUT2D eigenvalue weighted by atomic mass is 32.2. The Balaban J connectivity index is 1.41. The van der Waals surface area contributed by atoms with E-state index in [1.54, 1.807) is 36.4 Å². The average molecular weight is 374 g/mol. The lowest BCUT2D eigenvalue weighted by Gasteiger charge is -2.36. The number of hydrogen-bond acceptors (Lipinski definition) is 5. The second-order valence-electron chi connectivity index (χ2n) is 6.37. The van der Waals surface area contributed by atoms with Crippen molar-refractivity contribution < 1.29 is 12.8 Å². The molecular weight excluding hydrogens is 355 g/mol. The zero-order chi connectivity index (χ0) is 18.1. The molecule has 1 fully saturated rings. The summed E-state index contributed by atoms with van der Waals surface area (Å²) in [6.07, 6.45) is 0. The number of nitrogens with zero attached hydrogens (tertiary/aromatic N) is 3. The molecule has 0 atom stereocenters. The fourth-order valence-electron chi connectivity index (χ4n) is 3.26. The molecule has 0 amide bonds. The van der Waals surface area contributed by atoms with Gasteiger partial charge in [-0.25, -0.2) is 4.39 Å². The minimum Gasteiger partial charge on any atom is -0.369 e. The number of hydrogen-bond donors (Lipinski definition) is 1. The number of para-hydroxylation sites is 1. The van der Waals surface area contributed by atoms with Crippen LogP contribution in [0, 0.1) is 5.82 Å². The molecule has 0 bridgehead atoms. The van der Waals surface area contributed by atoms with Crippen LogP contribution in [-0.2, 0) is 10.0 Å². The number of amidine groups is 1. The van der Waals surface area contributed by atoms with E-state index in [2.05, 4.69) is 19.5 Å². The Kier molecular flexibility index (Phi) is 4.37. The summed E-state index contributed by atoms with van der Waals surface area (Å²) in [5.74, 6) is 0.203. The van der Waals surface area contributed by atoms with Gasteiger partial charge in [-0.3, -0.25) is 4.90 Å². The van der Waals surface area contributed by atoms with Gasteiger partial charge in [-0.15, -0.1) is 4.40 Å². The summed E-state index contributed by atoms with van der Waals surface area (Å²) in [5, 5.41) is 3.12. The first-order chi connectivity index (χ1) is 12.5. The third-order valence-electron chi connectivity index (χ3n) is 4.61. The van der Waals surface area contributed by atoms with Crippen LogP contribution in [0.2, 0.25) is 0 Å². The third kappa shape index (κ3) is 3.42. The summed E-state index contributed by atoms with van der Waals surface area (Å²) in [7, 11) is -3.65. The number of piperazine rings is 1. The molecule has 26 heavy (non-hydrogen) atoms. The van der Waals surface area contributed by atoms with E-state index in [1.165, 1.54) is 12.1 Å². The summed E-state index contributed by atoms with van der Waals surface area (Å²) >= 11 is 0. The van der Waals surface area contributed by atoms with Gasteiger partial charge in [0.05, 0.1) is 12.2 Å². The number of benzene rings is 2. The lowest BCUT2D eigenvalue weighted by molar-refractivity contribution is 0.291. The van der Waals surface area contributed by atoms with E-state index in [-0.39, 0.29) is 10.7 Å². The summed E-state index contributed by atoms with van der Waals surface area (Å²) in [4.78, 5) is 4.57. The second-order valence-corrected chi connectivity index (χ2v) is 7.95. The summed E-state index contributed by atoms with van der Waals surface area (Å²) in [5.41, 5.74) is 1.57. The first-order valence-electron chi connectivity index (χ1n) is 8.44. The second kappa shape index (κ2) is 6.69. The van der Waals surface area contributed by atoms with Crippen molar-refractivity contribution in [1.82, 2.24) is 4.90 Å². The highest BCUT2D eigenvalue weighted by molar-refractivity contribution is 7.90. The summed E-state index contributed by atoms with van der Waals surface area (Å²) in [6.45, 7) is 3.59. The summed E-state index contributed by atoms with van der Waals surface area (Å²) < 4.78 is 41.6. The molecule has 0 radical (unpaired) electrons. The van der Waals surface area contributed by atoms with Gasteiger partial charge in [-0.2, -0.15) is 8.42 Å². The van der Waals surface area contributed by atoms with Gasteiger partial charge in [-0.05, 0) is 36.4 Å². The molecule has 0 unspecified atom stereocenters. The predicted molar refractivity (Wildman–Crippen MR) is 99.7 cm³/mol. The maximum absolute atomic E-state index is 13.0. The molecule has 2 aromatic carbocycles. The number of rotatable bonds is 3. The highest BCUT2D eigenvalue weighted by Gasteiger charge is 2.26. The predicted octanol–water partition coefficient (Wildman–Crippen LogP) is 2.16. The van der Waals surface area contributed by atoms with E-state index in [0.29, 0.717) is 18.1 Å². The molecule has 136 valence electrons. The molecular formula is C18H19FN4O2S.